The fourth-order valence-corrected chi connectivity index (χ4v) is 2.36. The van der Waals surface area contributed by atoms with Crippen molar-refractivity contribution in [1.82, 2.24) is 9.97 Å². The lowest BCUT2D eigenvalue weighted by molar-refractivity contribution is 0.157. The van der Waals surface area contributed by atoms with Crippen LogP contribution in [0.3, 0.4) is 0 Å². The van der Waals surface area contributed by atoms with E-state index in [0.29, 0.717) is 5.92 Å². The van der Waals surface area contributed by atoms with E-state index in [-0.39, 0.29) is 6.10 Å². The molecule has 0 aromatic carbocycles. The standard InChI is InChI=1S/C11H16N2O/c14-8-4-5-9-10(6-8)13-11(12-9)7-2-1-3-7/h7-8,14H,1-6H2,(H,12,13). The van der Waals surface area contributed by atoms with Crippen LogP contribution in [0.4, 0.5) is 0 Å². The molecular formula is C11H16N2O. The minimum Gasteiger partial charge on any atom is -0.393 e. The van der Waals surface area contributed by atoms with Crippen LogP contribution in [-0.2, 0) is 12.8 Å². The van der Waals surface area contributed by atoms with Crippen molar-refractivity contribution in [3.63, 3.8) is 0 Å². The van der Waals surface area contributed by atoms with Gasteiger partial charge >= 0.3 is 0 Å². The molecule has 0 saturated heterocycles. The van der Waals surface area contributed by atoms with E-state index in [9.17, 15) is 5.11 Å². The number of fused-ring (bicyclic) bond motifs is 1. The lowest BCUT2D eigenvalue weighted by Gasteiger charge is -2.22. The molecule has 1 unspecified atom stereocenters. The van der Waals surface area contributed by atoms with E-state index in [1.807, 2.05) is 0 Å². The fourth-order valence-electron chi connectivity index (χ4n) is 2.36. The summed E-state index contributed by atoms with van der Waals surface area (Å²) in [7, 11) is 0. The van der Waals surface area contributed by atoms with Crippen molar-refractivity contribution < 1.29 is 5.11 Å². The van der Waals surface area contributed by atoms with Crippen LogP contribution in [0.1, 0.15) is 48.8 Å². The molecule has 0 bridgehead atoms. The topological polar surface area (TPSA) is 48.9 Å². The molecule has 2 N–H and O–H groups in total. The van der Waals surface area contributed by atoms with E-state index in [4.69, 9.17) is 0 Å². The number of aliphatic hydroxyl groups is 1. The van der Waals surface area contributed by atoms with Crippen molar-refractivity contribution in [2.24, 2.45) is 0 Å². The van der Waals surface area contributed by atoms with Gasteiger partial charge in [0.2, 0.25) is 0 Å². The highest BCUT2D eigenvalue weighted by Crippen LogP contribution is 2.35. The predicted molar refractivity (Wildman–Crippen MR) is 53.2 cm³/mol. The summed E-state index contributed by atoms with van der Waals surface area (Å²) in [5.74, 6) is 1.85. The van der Waals surface area contributed by atoms with E-state index in [1.165, 1.54) is 36.5 Å². The predicted octanol–water partition coefficient (Wildman–Crippen LogP) is 1.53. The molecule has 3 rings (SSSR count). The molecule has 2 aliphatic rings. The third kappa shape index (κ3) is 1.27. The maximum Gasteiger partial charge on any atom is 0.109 e. The van der Waals surface area contributed by atoms with Gasteiger partial charge < -0.3 is 10.1 Å². The van der Waals surface area contributed by atoms with Crippen molar-refractivity contribution in [2.75, 3.05) is 0 Å². The molecule has 1 fully saturated rings. The van der Waals surface area contributed by atoms with Crippen LogP contribution >= 0.6 is 0 Å². The van der Waals surface area contributed by atoms with Gasteiger partial charge in [-0.1, -0.05) is 6.42 Å². The Morgan fingerprint density at radius 1 is 1.29 bits per heavy atom. The van der Waals surface area contributed by atoms with Crippen LogP contribution in [0.15, 0.2) is 0 Å². The van der Waals surface area contributed by atoms with Crippen LogP contribution in [0.2, 0.25) is 0 Å². The first-order valence-electron chi connectivity index (χ1n) is 5.58. The van der Waals surface area contributed by atoms with Crippen molar-refractivity contribution in [1.29, 1.82) is 0 Å². The number of aromatic amines is 1. The number of nitrogens with zero attached hydrogens (tertiary/aromatic N) is 1. The van der Waals surface area contributed by atoms with Crippen molar-refractivity contribution in [2.45, 2.75) is 50.5 Å². The summed E-state index contributed by atoms with van der Waals surface area (Å²) >= 11 is 0. The summed E-state index contributed by atoms with van der Waals surface area (Å²) in [5, 5.41) is 9.53. The molecule has 0 aliphatic heterocycles. The van der Waals surface area contributed by atoms with Crippen molar-refractivity contribution in [3.05, 3.63) is 17.2 Å². The number of aromatic nitrogens is 2. The SMILES string of the molecule is OC1CCc2nc(C3CCC3)[nH]c2C1. The molecule has 1 saturated carbocycles. The second-order valence-corrected chi connectivity index (χ2v) is 4.57. The highest BCUT2D eigenvalue weighted by molar-refractivity contribution is 5.21. The smallest absolute Gasteiger partial charge is 0.109 e. The second-order valence-electron chi connectivity index (χ2n) is 4.57. The first-order chi connectivity index (χ1) is 6.83. The first-order valence-corrected chi connectivity index (χ1v) is 5.58. The number of hydrogen-bond acceptors (Lipinski definition) is 2. The van der Waals surface area contributed by atoms with Gasteiger partial charge in [-0.25, -0.2) is 4.98 Å². The van der Waals surface area contributed by atoms with Crippen LogP contribution in [0.5, 0.6) is 0 Å². The quantitative estimate of drug-likeness (QED) is 0.709. The van der Waals surface area contributed by atoms with Gasteiger partial charge in [-0.05, 0) is 25.7 Å². The molecule has 14 heavy (non-hydrogen) atoms. The summed E-state index contributed by atoms with van der Waals surface area (Å²) in [5.41, 5.74) is 2.39. The fraction of sp³-hybridized carbons (Fsp3) is 0.727. The van der Waals surface area contributed by atoms with Gasteiger partial charge in [-0.3, -0.25) is 0 Å². The Morgan fingerprint density at radius 2 is 2.14 bits per heavy atom. The third-order valence-electron chi connectivity index (χ3n) is 3.53. The maximum atomic E-state index is 9.53. The summed E-state index contributed by atoms with van der Waals surface area (Å²) in [6.07, 6.45) is 6.36. The lowest BCUT2D eigenvalue weighted by Crippen LogP contribution is -2.18. The maximum absolute atomic E-state index is 9.53. The Morgan fingerprint density at radius 3 is 2.86 bits per heavy atom. The number of imidazole rings is 1. The number of hydrogen-bond donors (Lipinski definition) is 2. The normalized spacial score (nSPS) is 27.1. The summed E-state index contributed by atoms with van der Waals surface area (Å²) in [6.45, 7) is 0. The van der Waals surface area contributed by atoms with E-state index in [0.717, 1.165) is 19.3 Å². The largest absolute Gasteiger partial charge is 0.393 e. The Labute approximate surface area is 83.6 Å². The Hall–Kier alpha value is -0.830. The average molecular weight is 192 g/mol. The first kappa shape index (κ1) is 8.48. The highest BCUT2D eigenvalue weighted by Gasteiger charge is 2.26. The summed E-state index contributed by atoms with van der Waals surface area (Å²) in [6, 6.07) is 0. The van der Waals surface area contributed by atoms with Crippen molar-refractivity contribution in [3.8, 4) is 0 Å². The molecule has 1 aromatic heterocycles. The van der Waals surface area contributed by atoms with E-state index >= 15 is 0 Å². The van der Waals surface area contributed by atoms with Gasteiger partial charge in [0.1, 0.15) is 5.82 Å². The van der Waals surface area contributed by atoms with Crippen LogP contribution < -0.4 is 0 Å². The Kier molecular flexibility index (Phi) is 1.87. The van der Waals surface area contributed by atoms with E-state index in [2.05, 4.69) is 9.97 Å². The van der Waals surface area contributed by atoms with Crippen LogP contribution in [0.25, 0.3) is 0 Å². The number of aryl methyl sites for hydroxylation is 1. The summed E-state index contributed by atoms with van der Waals surface area (Å²) < 4.78 is 0. The molecule has 1 aromatic rings. The molecule has 3 heteroatoms. The van der Waals surface area contributed by atoms with Gasteiger partial charge in [0.15, 0.2) is 0 Å². The Balaban J connectivity index is 1.87. The van der Waals surface area contributed by atoms with Crippen LogP contribution in [-0.4, -0.2) is 21.2 Å². The molecule has 0 spiro atoms. The third-order valence-corrected chi connectivity index (χ3v) is 3.53. The zero-order chi connectivity index (χ0) is 9.54. The molecule has 3 nitrogen and oxygen atoms in total. The molecule has 0 amide bonds. The molecular weight excluding hydrogens is 176 g/mol. The number of aliphatic hydroxyl groups excluding tert-OH is 1. The van der Waals surface area contributed by atoms with Gasteiger partial charge in [-0.15, -0.1) is 0 Å². The summed E-state index contributed by atoms with van der Waals surface area (Å²) in [4.78, 5) is 8.04. The number of rotatable bonds is 1. The minimum atomic E-state index is -0.155. The number of nitrogens with one attached hydrogen (secondary N) is 1. The Bertz CT molecular complexity index is 341. The van der Waals surface area contributed by atoms with Gasteiger partial charge in [0, 0.05) is 18.0 Å². The van der Waals surface area contributed by atoms with E-state index in [1.54, 1.807) is 0 Å². The van der Waals surface area contributed by atoms with Crippen molar-refractivity contribution >= 4 is 0 Å². The minimum absolute atomic E-state index is 0.155. The highest BCUT2D eigenvalue weighted by atomic mass is 16.3. The average Bonchev–Trinajstić information content (AvgIpc) is 2.43. The second kappa shape index (κ2) is 3.09. The molecule has 2 aliphatic carbocycles. The van der Waals surface area contributed by atoms with Gasteiger partial charge in [0.05, 0.1) is 11.8 Å². The lowest BCUT2D eigenvalue weighted by atomic mass is 9.85. The molecule has 1 atom stereocenters. The molecule has 0 radical (unpaired) electrons. The van der Waals surface area contributed by atoms with Gasteiger partial charge in [0.25, 0.3) is 0 Å². The number of H-pyrrole nitrogens is 1. The monoisotopic (exact) mass is 192 g/mol. The van der Waals surface area contributed by atoms with E-state index < -0.39 is 0 Å². The van der Waals surface area contributed by atoms with Crippen LogP contribution in [0, 0.1) is 0 Å². The zero-order valence-electron chi connectivity index (χ0n) is 8.29. The van der Waals surface area contributed by atoms with Gasteiger partial charge in [-0.2, -0.15) is 0 Å². The molecule has 1 heterocycles. The molecule has 76 valence electrons. The zero-order valence-corrected chi connectivity index (χ0v) is 8.29.